The molecule has 0 radical (unpaired) electrons. The summed E-state index contributed by atoms with van der Waals surface area (Å²) in [5.41, 5.74) is 6.46. The van der Waals surface area contributed by atoms with Gasteiger partial charge in [-0.15, -0.1) is 5.73 Å². The van der Waals surface area contributed by atoms with Crippen molar-refractivity contribution in [3.05, 3.63) is 65.4 Å². The number of carbonyl (C=O) groups excluding carboxylic acids is 1. The van der Waals surface area contributed by atoms with Crippen LogP contribution in [0.2, 0.25) is 0 Å². The van der Waals surface area contributed by atoms with Gasteiger partial charge in [-0.1, -0.05) is 43.8 Å². The molecule has 1 aliphatic rings. The van der Waals surface area contributed by atoms with Gasteiger partial charge in [0.25, 0.3) is 0 Å². The molecular weight excluding hydrogens is 256 g/mol. The van der Waals surface area contributed by atoms with Crippen molar-refractivity contribution in [1.82, 2.24) is 0 Å². The van der Waals surface area contributed by atoms with E-state index < -0.39 is 0 Å². The third kappa shape index (κ3) is 2.57. The Morgan fingerprint density at radius 1 is 1.29 bits per heavy atom. The Bertz CT molecular complexity index is 738. The molecule has 1 aliphatic carbocycles. The maximum absolute atomic E-state index is 12.6. The maximum Gasteiger partial charge on any atom is 0.163 e. The first-order valence-electron chi connectivity index (χ1n) is 7.63. The molecule has 0 aliphatic heterocycles. The van der Waals surface area contributed by atoms with Crippen LogP contribution in [0.5, 0.6) is 0 Å². The molecule has 0 aromatic heterocycles. The number of benzene rings is 2. The predicted molar refractivity (Wildman–Crippen MR) is 87.8 cm³/mol. The van der Waals surface area contributed by atoms with Gasteiger partial charge in [0, 0.05) is 12.0 Å². The van der Waals surface area contributed by atoms with Crippen molar-refractivity contribution in [2.24, 2.45) is 5.92 Å². The van der Waals surface area contributed by atoms with Crippen molar-refractivity contribution in [2.75, 3.05) is 0 Å². The number of aryl methyl sites for hydroxylation is 2. The summed E-state index contributed by atoms with van der Waals surface area (Å²) in [6, 6.07) is 10.5. The Hall–Kier alpha value is -2.11. The van der Waals surface area contributed by atoms with Crippen LogP contribution in [0.1, 0.15) is 41.3 Å². The Labute approximate surface area is 126 Å². The van der Waals surface area contributed by atoms with Crippen LogP contribution in [0.3, 0.4) is 0 Å². The fraction of sp³-hybridized carbons (Fsp3) is 0.300. The Morgan fingerprint density at radius 2 is 2.05 bits per heavy atom. The number of rotatable bonds is 5. The molecule has 1 heteroatoms. The van der Waals surface area contributed by atoms with E-state index in [0.29, 0.717) is 12.3 Å². The molecule has 0 spiro atoms. The second-order valence-electron chi connectivity index (χ2n) is 5.92. The molecule has 0 amide bonds. The minimum Gasteiger partial charge on any atom is -0.294 e. The maximum atomic E-state index is 12.6. The van der Waals surface area contributed by atoms with E-state index in [0.717, 1.165) is 30.2 Å². The van der Waals surface area contributed by atoms with Gasteiger partial charge in [0.05, 0.1) is 0 Å². The van der Waals surface area contributed by atoms with Crippen LogP contribution in [-0.4, -0.2) is 5.78 Å². The van der Waals surface area contributed by atoms with E-state index in [1.165, 1.54) is 16.5 Å². The van der Waals surface area contributed by atoms with Crippen LogP contribution in [0.25, 0.3) is 10.8 Å². The molecule has 0 saturated heterocycles. The van der Waals surface area contributed by atoms with Gasteiger partial charge < -0.3 is 0 Å². The van der Waals surface area contributed by atoms with Gasteiger partial charge >= 0.3 is 0 Å². The first-order valence-corrected chi connectivity index (χ1v) is 7.63. The number of hydrogen-bond acceptors (Lipinski definition) is 1. The zero-order chi connectivity index (χ0) is 14.8. The Balaban J connectivity index is 1.91. The average molecular weight is 276 g/mol. The van der Waals surface area contributed by atoms with Crippen LogP contribution < -0.4 is 0 Å². The number of Topliss-reactive ketones (excluding diaryl/α,β-unsaturated/α-hetero) is 1. The predicted octanol–water partition coefficient (Wildman–Crippen LogP) is 4.88. The average Bonchev–Trinajstić information content (AvgIpc) is 2.91. The third-order valence-electron chi connectivity index (χ3n) is 4.41. The monoisotopic (exact) mass is 276 g/mol. The second-order valence-corrected chi connectivity index (χ2v) is 5.92. The van der Waals surface area contributed by atoms with E-state index in [-0.39, 0.29) is 5.78 Å². The fourth-order valence-electron chi connectivity index (χ4n) is 3.27. The van der Waals surface area contributed by atoms with Crippen molar-refractivity contribution < 1.29 is 4.79 Å². The quantitative estimate of drug-likeness (QED) is 0.562. The lowest BCUT2D eigenvalue weighted by Gasteiger charge is -2.09. The highest BCUT2D eigenvalue weighted by atomic mass is 16.1. The van der Waals surface area contributed by atoms with Crippen LogP contribution in [0.15, 0.2) is 48.7 Å². The SMILES string of the molecule is C=C=CC(C)CCC(=O)c1ccc2c3c(cccc13)CC2. The largest absolute Gasteiger partial charge is 0.294 e. The summed E-state index contributed by atoms with van der Waals surface area (Å²) in [6.07, 6.45) is 5.57. The molecule has 1 atom stereocenters. The highest BCUT2D eigenvalue weighted by molar-refractivity contribution is 6.10. The van der Waals surface area contributed by atoms with E-state index in [9.17, 15) is 4.79 Å². The zero-order valence-electron chi connectivity index (χ0n) is 12.5. The minimum atomic E-state index is 0.245. The topological polar surface area (TPSA) is 17.1 Å². The van der Waals surface area contributed by atoms with E-state index in [1.54, 1.807) is 0 Å². The number of ketones is 1. The highest BCUT2D eigenvalue weighted by Crippen LogP contribution is 2.33. The highest BCUT2D eigenvalue weighted by Gasteiger charge is 2.18. The van der Waals surface area contributed by atoms with E-state index in [1.807, 2.05) is 12.1 Å². The van der Waals surface area contributed by atoms with Crippen LogP contribution in [0, 0.1) is 5.92 Å². The Morgan fingerprint density at radius 3 is 2.81 bits per heavy atom. The minimum absolute atomic E-state index is 0.245. The molecular formula is C20H20O. The molecule has 0 N–H and O–H groups in total. The van der Waals surface area contributed by atoms with E-state index >= 15 is 0 Å². The first-order chi connectivity index (χ1) is 10.2. The van der Waals surface area contributed by atoms with Gasteiger partial charge in [-0.3, -0.25) is 4.79 Å². The number of hydrogen-bond donors (Lipinski definition) is 0. The number of allylic oxidation sites excluding steroid dienone is 1. The van der Waals surface area contributed by atoms with Gasteiger partial charge in [-0.05, 0) is 53.2 Å². The van der Waals surface area contributed by atoms with Crippen molar-refractivity contribution in [3.8, 4) is 0 Å². The standard InChI is InChI=1S/C20H20O/c1-3-5-14(2)8-13-19(21)17-12-11-16-10-9-15-6-4-7-18(17)20(15)16/h4-7,11-12,14H,1,8-10,13H2,2H3. The molecule has 1 unspecified atom stereocenters. The lowest BCUT2D eigenvalue weighted by molar-refractivity contribution is 0.0978. The molecule has 1 nitrogen and oxygen atoms in total. The van der Waals surface area contributed by atoms with Gasteiger partial charge in [-0.2, -0.15) is 0 Å². The van der Waals surface area contributed by atoms with Crippen LogP contribution in [-0.2, 0) is 12.8 Å². The Kier molecular flexibility index (Phi) is 3.77. The molecule has 0 bridgehead atoms. The molecule has 2 aromatic carbocycles. The molecule has 2 aromatic rings. The molecule has 0 heterocycles. The van der Waals surface area contributed by atoms with Gasteiger partial charge in [0.15, 0.2) is 5.78 Å². The summed E-state index contributed by atoms with van der Waals surface area (Å²) in [5, 5.41) is 2.46. The number of carbonyl (C=O) groups is 1. The van der Waals surface area contributed by atoms with Gasteiger partial charge in [-0.25, -0.2) is 0 Å². The second kappa shape index (κ2) is 5.71. The molecule has 21 heavy (non-hydrogen) atoms. The van der Waals surface area contributed by atoms with Gasteiger partial charge in [0.2, 0.25) is 0 Å². The van der Waals surface area contributed by atoms with Crippen molar-refractivity contribution >= 4 is 16.6 Å². The summed E-state index contributed by atoms with van der Waals surface area (Å²) >= 11 is 0. The molecule has 3 rings (SSSR count). The summed E-state index contributed by atoms with van der Waals surface area (Å²) in [6.45, 7) is 5.68. The van der Waals surface area contributed by atoms with E-state index in [2.05, 4.69) is 43.5 Å². The van der Waals surface area contributed by atoms with E-state index in [4.69, 9.17) is 0 Å². The lowest BCUT2D eigenvalue weighted by atomic mass is 9.94. The smallest absolute Gasteiger partial charge is 0.163 e. The normalized spacial score (nSPS) is 14.0. The van der Waals surface area contributed by atoms with Gasteiger partial charge in [0.1, 0.15) is 0 Å². The molecule has 106 valence electrons. The first kappa shape index (κ1) is 13.9. The summed E-state index contributed by atoms with van der Waals surface area (Å²) in [4.78, 5) is 12.6. The summed E-state index contributed by atoms with van der Waals surface area (Å²) in [7, 11) is 0. The lowest BCUT2D eigenvalue weighted by Crippen LogP contribution is -2.03. The van der Waals surface area contributed by atoms with Crippen molar-refractivity contribution in [2.45, 2.75) is 32.6 Å². The zero-order valence-corrected chi connectivity index (χ0v) is 12.5. The summed E-state index contributed by atoms with van der Waals surface area (Å²) < 4.78 is 0. The third-order valence-corrected chi connectivity index (χ3v) is 4.41. The summed E-state index contributed by atoms with van der Waals surface area (Å²) in [5.74, 6) is 0.596. The fourth-order valence-corrected chi connectivity index (χ4v) is 3.27. The van der Waals surface area contributed by atoms with Crippen LogP contribution >= 0.6 is 0 Å². The van der Waals surface area contributed by atoms with Crippen molar-refractivity contribution in [3.63, 3.8) is 0 Å². The van der Waals surface area contributed by atoms with Crippen LogP contribution in [0.4, 0.5) is 0 Å². The van der Waals surface area contributed by atoms with Crippen molar-refractivity contribution in [1.29, 1.82) is 0 Å². The molecule has 0 fully saturated rings. The molecule has 0 saturated carbocycles.